The second kappa shape index (κ2) is 5.35. The first-order valence-corrected chi connectivity index (χ1v) is 5.82. The molecule has 0 atom stereocenters. The van der Waals surface area contributed by atoms with Gasteiger partial charge in [-0.05, 0) is 30.3 Å². The summed E-state index contributed by atoms with van der Waals surface area (Å²) in [4.78, 5) is 11.1. The van der Waals surface area contributed by atoms with E-state index in [0.717, 1.165) is 6.07 Å². The van der Waals surface area contributed by atoms with Crippen LogP contribution in [0.2, 0.25) is 0 Å². The van der Waals surface area contributed by atoms with E-state index in [-0.39, 0.29) is 17.2 Å². The molecule has 0 radical (unpaired) electrons. The molecule has 0 aliphatic rings. The molecule has 0 spiro atoms. The maximum absolute atomic E-state index is 12.9. The lowest BCUT2D eigenvalue weighted by molar-refractivity contribution is -0.138. The first-order valence-electron chi connectivity index (χ1n) is 5.82. The van der Waals surface area contributed by atoms with E-state index in [4.69, 9.17) is 16.2 Å². The maximum atomic E-state index is 12.9. The van der Waals surface area contributed by atoms with E-state index in [1.165, 1.54) is 12.1 Å². The summed E-state index contributed by atoms with van der Waals surface area (Å²) >= 11 is 0. The number of halogens is 3. The molecule has 0 unspecified atom stereocenters. The summed E-state index contributed by atoms with van der Waals surface area (Å²) in [6, 6.07) is 9.28. The van der Waals surface area contributed by atoms with Gasteiger partial charge in [0.15, 0.2) is 0 Å². The SMILES string of the molecule is NC(=O)c1ccc(Oc2ccccc2N)cc1C(F)(F)F. The van der Waals surface area contributed by atoms with Crippen LogP contribution in [-0.2, 0) is 6.18 Å². The number of hydrogen-bond acceptors (Lipinski definition) is 3. The number of nitrogens with two attached hydrogens (primary N) is 2. The third-order valence-electron chi connectivity index (χ3n) is 2.71. The molecule has 0 aliphatic heterocycles. The van der Waals surface area contributed by atoms with Gasteiger partial charge in [-0.25, -0.2) is 0 Å². The van der Waals surface area contributed by atoms with E-state index in [9.17, 15) is 18.0 Å². The molecule has 2 aromatic carbocycles. The second-order valence-corrected chi connectivity index (χ2v) is 4.21. The highest BCUT2D eigenvalue weighted by molar-refractivity contribution is 5.94. The van der Waals surface area contributed by atoms with Crippen molar-refractivity contribution in [2.75, 3.05) is 5.73 Å². The highest BCUT2D eigenvalue weighted by Crippen LogP contribution is 2.36. The Kier molecular flexibility index (Phi) is 3.75. The Morgan fingerprint density at radius 1 is 1.10 bits per heavy atom. The fourth-order valence-electron chi connectivity index (χ4n) is 1.74. The fraction of sp³-hybridized carbons (Fsp3) is 0.0714. The van der Waals surface area contributed by atoms with Crippen LogP contribution >= 0.6 is 0 Å². The first-order chi connectivity index (χ1) is 9.79. The molecule has 4 N–H and O–H groups in total. The zero-order valence-electron chi connectivity index (χ0n) is 10.6. The molecule has 110 valence electrons. The van der Waals surface area contributed by atoms with Gasteiger partial charge in [-0.2, -0.15) is 13.2 Å². The molecule has 0 bridgehead atoms. The number of alkyl halides is 3. The molecule has 0 saturated heterocycles. The average molecular weight is 296 g/mol. The Hall–Kier alpha value is -2.70. The minimum Gasteiger partial charge on any atom is -0.455 e. The normalized spacial score (nSPS) is 11.2. The third kappa shape index (κ3) is 3.25. The zero-order valence-corrected chi connectivity index (χ0v) is 10.6. The standard InChI is InChI=1S/C14H11F3N2O2/c15-14(16,17)10-7-8(5-6-9(10)13(19)20)21-12-4-2-1-3-11(12)18/h1-7H,18H2,(H2,19,20). The maximum Gasteiger partial charge on any atom is 0.417 e. The number of carbonyl (C=O) groups excluding carboxylic acids is 1. The van der Waals surface area contributed by atoms with Gasteiger partial charge < -0.3 is 16.2 Å². The molecule has 1 amide bonds. The topological polar surface area (TPSA) is 78.3 Å². The number of nitrogen functional groups attached to an aromatic ring is 1. The molecular formula is C14H11F3N2O2. The molecule has 2 rings (SSSR count). The summed E-state index contributed by atoms with van der Waals surface area (Å²) in [7, 11) is 0. The minimum atomic E-state index is -4.72. The van der Waals surface area contributed by atoms with E-state index in [1.807, 2.05) is 0 Å². The lowest BCUT2D eigenvalue weighted by Gasteiger charge is -2.14. The van der Waals surface area contributed by atoms with Gasteiger partial charge in [0.05, 0.1) is 16.8 Å². The molecule has 0 heterocycles. The van der Waals surface area contributed by atoms with Gasteiger partial charge in [-0.15, -0.1) is 0 Å². The van der Waals surface area contributed by atoms with Crippen LogP contribution in [0.3, 0.4) is 0 Å². The molecular weight excluding hydrogens is 285 g/mol. The van der Waals surface area contributed by atoms with Crippen LogP contribution in [0.25, 0.3) is 0 Å². The van der Waals surface area contributed by atoms with Crippen LogP contribution in [0.4, 0.5) is 18.9 Å². The van der Waals surface area contributed by atoms with Crippen LogP contribution in [0.1, 0.15) is 15.9 Å². The number of ether oxygens (including phenoxy) is 1. The van der Waals surface area contributed by atoms with Crippen molar-refractivity contribution in [2.45, 2.75) is 6.18 Å². The summed E-state index contributed by atoms with van der Waals surface area (Å²) < 4.78 is 44.1. The summed E-state index contributed by atoms with van der Waals surface area (Å²) in [6.45, 7) is 0. The van der Waals surface area contributed by atoms with Gasteiger partial charge in [0.2, 0.25) is 5.91 Å². The highest BCUT2D eigenvalue weighted by atomic mass is 19.4. The van der Waals surface area contributed by atoms with E-state index >= 15 is 0 Å². The van der Waals surface area contributed by atoms with Gasteiger partial charge in [0, 0.05) is 0 Å². The molecule has 21 heavy (non-hydrogen) atoms. The van der Waals surface area contributed by atoms with Crippen LogP contribution < -0.4 is 16.2 Å². The van der Waals surface area contributed by atoms with Crippen LogP contribution in [-0.4, -0.2) is 5.91 Å². The predicted molar refractivity (Wildman–Crippen MR) is 70.9 cm³/mol. The summed E-state index contributed by atoms with van der Waals surface area (Å²) in [5.74, 6) is -1.03. The van der Waals surface area contributed by atoms with Gasteiger partial charge in [-0.3, -0.25) is 4.79 Å². The van der Waals surface area contributed by atoms with E-state index < -0.39 is 23.2 Å². The van der Waals surface area contributed by atoms with Gasteiger partial charge in [0.25, 0.3) is 0 Å². The van der Waals surface area contributed by atoms with Crippen LogP contribution in [0, 0.1) is 0 Å². The number of rotatable bonds is 3. The molecule has 7 heteroatoms. The Labute approximate surface area is 118 Å². The van der Waals surface area contributed by atoms with Crippen molar-refractivity contribution >= 4 is 11.6 Å². The zero-order chi connectivity index (χ0) is 15.6. The lowest BCUT2D eigenvalue weighted by Crippen LogP contribution is -2.18. The quantitative estimate of drug-likeness (QED) is 0.854. The number of anilines is 1. The number of carbonyl (C=O) groups is 1. The van der Waals surface area contributed by atoms with Gasteiger partial charge in [0.1, 0.15) is 11.5 Å². The molecule has 4 nitrogen and oxygen atoms in total. The predicted octanol–water partition coefficient (Wildman–Crippen LogP) is 3.18. The molecule has 0 saturated carbocycles. The summed E-state index contributed by atoms with van der Waals surface area (Å²) in [5.41, 5.74) is 9.10. The highest BCUT2D eigenvalue weighted by Gasteiger charge is 2.35. The summed E-state index contributed by atoms with van der Waals surface area (Å²) in [5, 5.41) is 0. The number of amides is 1. The Balaban J connectivity index is 2.43. The fourth-order valence-corrected chi connectivity index (χ4v) is 1.74. The van der Waals surface area contributed by atoms with Crippen molar-refractivity contribution in [3.05, 3.63) is 53.6 Å². The number of hydrogen-bond donors (Lipinski definition) is 2. The van der Waals surface area contributed by atoms with E-state index in [1.54, 1.807) is 18.2 Å². The third-order valence-corrected chi connectivity index (χ3v) is 2.71. The Morgan fingerprint density at radius 3 is 2.33 bits per heavy atom. The summed E-state index contributed by atoms with van der Waals surface area (Å²) in [6.07, 6.45) is -4.72. The van der Waals surface area contributed by atoms with Gasteiger partial charge >= 0.3 is 6.18 Å². The van der Waals surface area contributed by atoms with Crippen molar-refractivity contribution in [1.29, 1.82) is 0 Å². The van der Waals surface area contributed by atoms with Crippen molar-refractivity contribution in [2.24, 2.45) is 5.73 Å². The number of benzene rings is 2. The molecule has 2 aromatic rings. The van der Waals surface area contributed by atoms with E-state index in [0.29, 0.717) is 6.07 Å². The van der Waals surface area contributed by atoms with Crippen molar-refractivity contribution in [1.82, 2.24) is 0 Å². The first kappa shape index (κ1) is 14.7. The number of primary amides is 1. The second-order valence-electron chi connectivity index (χ2n) is 4.21. The van der Waals surface area contributed by atoms with Crippen LogP contribution in [0.15, 0.2) is 42.5 Å². The molecule has 0 aliphatic carbocycles. The molecule has 0 aromatic heterocycles. The van der Waals surface area contributed by atoms with Crippen LogP contribution in [0.5, 0.6) is 11.5 Å². The number of para-hydroxylation sites is 2. The smallest absolute Gasteiger partial charge is 0.417 e. The molecule has 0 fully saturated rings. The average Bonchev–Trinajstić information content (AvgIpc) is 2.40. The Morgan fingerprint density at radius 2 is 1.76 bits per heavy atom. The van der Waals surface area contributed by atoms with Crippen molar-refractivity contribution in [3.63, 3.8) is 0 Å². The van der Waals surface area contributed by atoms with E-state index in [2.05, 4.69) is 0 Å². The minimum absolute atomic E-state index is 0.0924. The van der Waals surface area contributed by atoms with Gasteiger partial charge in [-0.1, -0.05) is 12.1 Å². The lowest BCUT2D eigenvalue weighted by atomic mass is 10.1. The largest absolute Gasteiger partial charge is 0.455 e. The van der Waals surface area contributed by atoms with Crippen molar-refractivity contribution < 1.29 is 22.7 Å². The monoisotopic (exact) mass is 296 g/mol. The van der Waals surface area contributed by atoms with Crippen molar-refractivity contribution in [3.8, 4) is 11.5 Å². The Bertz CT molecular complexity index is 684.